The first-order valence-corrected chi connectivity index (χ1v) is 8.72. The van der Waals surface area contributed by atoms with Crippen LogP contribution >= 0.6 is 0 Å². The molecule has 1 aliphatic rings. The number of fused-ring (bicyclic) bond motifs is 1. The topological polar surface area (TPSA) is 47.4 Å². The highest BCUT2D eigenvalue weighted by Crippen LogP contribution is 2.29. The molecule has 0 saturated heterocycles. The Morgan fingerprint density at radius 3 is 2.65 bits per heavy atom. The monoisotopic (exact) mass is 347 g/mol. The quantitative estimate of drug-likeness (QED) is 0.728. The van der Waals surface area contributed by atoms with Gasteiger partial charge in [-0.1, -0.05) is 42.5 Å². The van der Waals surface area contributed by atoms with Crippen LogP contribution in [-0.4, -0.2) is 27.5 Å². The summed E-state index contributed by atoms with van der Waals surface area (Å²) in [6.45, 7) is 1.26. The Bertz CT molecular complexity index is 887. The number of hydrogen-bond acceptors (Lipinski definition) is 3. The van der Waals surface area contributed by atoms with E-state index in [1.165, 1.54) is 0 Å². The summed E-state index contributed by atoms with van der Waals surface area (Å²) in [5, 5.41) is 0. The van der Waals surface area contributed by atoms with Crippen molar-refractivity contribution in [2.24, 2.45) is 0 Å². The molecule has 0 bridgehead atoms. The fourth-order valence-corrected chi connectivity index (χ4v) is 3.45. The van der Waals surface area contributed by atoms with Gasteiger partial charge < -0.3 is 14.2 Å². The SMILES string of the molecule is COc1ccc(CC(=O)N2Cc3nccn3CC2c2ccccc2)cc1. The summed E-state index contributed by atoms with van der Waals surface area (Å²) in [6, 6.07) is 17.9. The molecule has 0 fully saturated rings. The van der Waals surface area contributed by atoms with Crippen molar-refractivity contribution in [3.8, 4) is 5.75 Å². The van der Waals surface area contributed by atoms with E-state index in [0.717, 1.165) is 29.2 Å². The van der Waals surface area contributed by atoms with Crippen LogP contribution in [0.5, 0.6) is 5.75 Å². The number of carbonyl (C=O) groups excluding carboxylic acids is 1. The summed E-state index contributed by atoms with van der Waals surface area (Å²) >= 11 is 0. The van der Waals surface area contributed by atoms with Gasteiger partial charge in [0.1, 0.15) is 11.6 Å². The molecule has 3 aromatic rings. The van der Waals surface area contributed by atoms with Crippen molar-refractivity contribution in [2.75, 3.05) is 7.11 Å². The maximum Gasteiger partial charge on any atom is 0.227 e. The summed E-state index contributed by atoms with van der Waals surface area (Å²) in [6.07, 6.45) is 4.15. The molecule has 1 amide bonds. The highest BCUT2D eigenvalue weighted by Gasteiger charge is 2.31. The summed E-state index contributed by atoms with van der Waals surface area (Å²) in [5.74, 6) is 1.84. The molecule has 2 heterocycles. The average Bonchev–Trinajstić information content (AvgIpc) is 3.16. The molecule has 0 N–H and O–H groups in total. The molecule has 1 aromatic heterocycles. The van der Waals surface area contributed by atoms with Crippen LogP contribution in [0.25, 0.3) is 0 Å². The van der Waals surface area contributed by atoms with Crippen molar-refractivity contribution >= 4 is 5.91 Å². The van der Waals surface area contributed by atoms with Gasteiger partial charge in [-0.3, -0.25) is 4.79 Å². The van der Waals surface area contributed by atoms with Gasteiger partial charge in [0.2, 0.25) is 5.91 Å². The molecule has 0 radical (unpaired) electrons. The molecule has 1 atom stereocenters. The van der Waals surface area contributed by atoms with Gasteiger partial charge in [-0.25, -0.2) is 4.98 Å². The van der Waals surface area contributed by atoms with Crippen LogP contribution in [0.4, 0.5) is 0 Å². The van der Waals surface area contributed by atoms with Gasteiger partial charge >= 0.3 is 0 Å². The third kappa shape index (κ3) is 3.20. The molecule has 4 rings (SSSR count). The lowest BCUT2D eigenvalue weighted by molar-refractivity contribution is -0.135. The van der Waals surface area contributed by atoms with Crippen molar-refractivity contribution in [1.82, 2.24) is 14.5 Å². The standard InChI is InChI=1S/C21H21N3O2/c1-26-18-9-7-16(8-10-18)13-21(25)24-15-20-22-11-12-23(20)14-19(24)17-5-3-2-4-6-17/h2-12,19H,13-15H2,1H3. The van der Waals surface area contributed by atoms with Crippen LogP contribution in [-0.2, 0) is 24.3 Å². The number of methoxy groups -OCH3 is 1. The van der Waals surface area contributed by atoms with E-state index < -0.39 is 0 Å². The second kappa shape index (κ2) is 7.04. The maximum atomic E-state index is 13.1. The van der Waals surface area contributed by atoms with Gasteiger partial charge in [0.05, 0.1) is 26.1 Å². The van der Waals surface area contributed by atoms with E-state index in [9.17, 15) is 4.79 Å². The number of imidazole rings is 1. The van der Waals surface area contributed by atoms with Crippen molar-refractivity contribution in [3.63, 3.8) is 0 Å². The summed E-state index contributed by atoms with van der Waals surface area (Å²) in [5.41, 5.74) is 2.13. The minimum atomic E-state index is 0.0173. The normalized spacial score (nSPS) is 16.2. The first kappa shape index (κ1) is 16.4. The minimum absolute atomic E-state index is 0.0173. The number of nitrogens with zero attached hydrogens (tertiary/aromatic N) is 3. The minimum Gasteiger partial charge on any atom is -0.497 e. The molecular weight excluding hydrogens is 326 g/mol. The zero-order valence-corrected chi connectivity index (χ0v) is 14.7. The second-order valence-electron chi connectivity index (χ2n) is 6.47. The van der Waals surface area contributed by atoms with E-state index in [1.807, 2.05) is 53.6 Å². The molecule has 0 saturated carbocycles. The number of aromatic nitrogens is 2. The van der Waals surface area contributed by atoms with Crippen molar-refractivity contribution in [3.05, 3.63) is 83.9 Å². The summed E-state index contributed by atoms with van der Waals surface area (Å²) in [7, 11) is 1.64. The Labute approximate surface area is 152 Å². The Morgan fingerprint density at radius 1 is 1.15 bits per heavy atom. The Hall–Kier alpha value is -3.08. The number of hydrogen-bond donors (Lipinski definition) is 0. The maximum absolute atomic E-state index is 13.1. The van der Waals surface area contributed by atoms with Crippen molar-refractivity contribution in [2.45, 2.75) is 25.6 Å². The van der Waals surface area contributed by atoms with Gasteiger partial charge in [0.25, 0.3) is 0 Å². The van der Waals surface area contributed by atoms with Gasteiger partial charge in [-0.05, 0) is 23.3 Å². The number of benzene rings is 2. The number of rotatable bonds is 4. The number of amides is 1. The highest BCUT2D eigenvalue weighted by molar-refractivity contribution is 5.79. The summed E-state index contributed by atoms with van der Waals surface area (Å²) in [4.78, 5) is 19.4. The highest BCUT2D eigenvalue weighted by atomic mass is 16.5. The first-order valence-electron chi connectivity index (χ1n) is 8.72. The van der Waals surface area contributed by atoms with Crippen LogP contribution < -0.4 is 4.74 Å². The van der Waals surface area contributed by atoms with Gasteiger partial charge in [-0.2, -0.15) is 0 Å². The molecule has 2 aromatic carbocycles. The molecule has 0 spiro atoms. The number of carbonyl (C=O) groups is 1. The van der Waals surface area contributed by atoms with Gasteiger partial charge in [0, 0.05) is 18.9 Å². The zero-order valence-electron chi connectivity index (χ0n) is 14.7. The lowest BCUT2D eigenvalue weighted by Gasteiger charge is -2.36. The van der Waals surface area contributed by atoms with Crippen LogP contribution in [0.2, 0.25) is 0 Å². The largest absolute Gasteiger partial charge is 0.497 e. The Morgan fingerprint density at radius 2 is 1.92 bits per heavy atom. The molecular formula is C21H21N3O2. The predicted molar refractivity (Wildman–Crippen MR) is 98.7 cm³/mol. The fraction of sp³-hybridized carbons (Fsp3) is 0.238. The fourth-order valence-electron chi connectivity index (χ4n) is 3.45. The summed E-state index contributed by atoms with van der Waals surface area (Å²) < 4.78 is 7.32. The molecule has 26 heavy (non-hydrogen) atoms. The zero-order chi connectivity index (χ0) is 17.9. The molecule has 5 nitrogen and oxygen atoms in total. The van der Waals surface area contributed by atoms with E-state index in [0.29, 0.717) is 13.0 Å². The van der Waals surface area contributed by atoms with Gasteiger partial charge in [0.15, 0.2) is 0 Å². The lowest BCUT2D eigenvalue weighted by Crippen LogP contribution is -2.41. The van der Waals surface area contributed by atoms with Crippen LogP contribution in [0, 0.1) is 0 Å². The molecule has 1 aliphatic heterocycles. The van der Waals surface area contributed by atoms with E-state index in [4.69, 9.17) is 4.74 Å². The van der Waals surface area contributed by atoms with E-state index in [2.05, 4.69) is 21.7 Å². The molecule has 132 valence electrons. The molecule has 1 unspecified atom stereocenters. The van der Waals surface area contributed by atoms with Crippen molar-refractivity contribution in [1.29, 1.82) is 0 Å². The lowest BCUT2D eigenvalue weighted by atomic mass is 10.0. The van der Waals surface area contributed by atoms with E-state index >= 15 is 0 Å². The Balaban J connectivity index is 1.59. The average molecular weight is 347 g/mol. The first-order chi connectivity index (χ1) is 12.7. The molecule has 5 heteroatoms. The third-order valence-electron chi connectivity index (χ3n) is 4.88. The van der Waals surface area contributed by atoms with Crippen molar-refractivity contribution < 1.29 is 9.53 Å². The third-order valence-corrected chi connectivity index (χ3v) is 4.88. The number of ether oxygens (including phenoxy) is 1. The van der Waals surface area contributed by atoms with E-state index in [1.54, 1.807) is 13.3 Å². The van der Waals surface area contributed by atoms with Gasteiger partial charge in [-0.15, -0.1) is 0 Å². The molecule has 0 aliphatic carbocycles. The second-order valence-corrected chi connectivity index (χ2v) is 6.47. The Kier molecular flexibility index (Phi) is 4.44. The van der Waals surface area contributed by atoms with Crippen LogP contribution in [0.15, 0.2) is 67.0 Å². The van der Waals surface area contributed by atoms with E-state index in [-0.39, 0.29) is 11.9 Å². The smallest absolute Gasteiger partial charge is 0.227 e. The van der Waals surface area contributed by atoms with Crippen LogP contribution in [0.1, 0.15) is 23.0 Å². The van der Waals surface area contributed by atoms with Crippen LogP contribution in [0.3, 0.4) is 0 Å². The predicted octanol–water partition coefficient (Wildman–Crippen LogP) is 3.22.